The zero-order valence-corrected chi connectivity index (χ0v) is 19.3. The molecular formula is C22H26BrN3O5. The molecule has 0 fully saturated rings. The van der Waals surface area contributed by atoms with Gasteiger partial charge in [0.25, 0.3) is 0 Å². The Kier molecular flexibility index (Phi) is 9.83. The molecule has 0 aromatic heterocycles. The van der Waals surface area contributed by atoms with Crippen molar-refractivity contribution in [3.63, 3.8) is 0 Å². The van der Waals surface area contributed by atoms with Gasteiger partial charge in [0.05, 0.1) is 31.5 Å². The van der Waals surface area contributed by atoms with Gasteiger partial charge in [-0.25, -0.2) is 5.43 Å². The summed E-state index contributed by atoms with van der Waals surface area (Å²) in [6.07, 6.45) is 2.42. The van der Waals surface area contributed by atoms with Crippen molar-refractivity contribution in [1.82, 2.24) is 5.43 Å². The van der Waals surface area contributed by atoms with E-state index in [1.54, 1.807) is 44.6 Å². The summed E-state index contributed by atoms with van der Waals surface area (Å²) in [4.78, 5) is 24.0. The van der Waals surface area contributed by atoms with E-state index < -0.39 is 0 Å². The summed E-state index contributed by atoms with van der Waals surface area (Å²) in [6, 6.07) is 10.5. The first kappa shape index (κ1) is 24.2. The summed E-state index contributed by atoms with van der Waals surface area (Å²) < 4.78 is 16.8. The molecule has 0 bridgehead atoms. The molecule has 0 saturated heterocycles. The molecule has 31 heavy (non-hydrogen) atoms. The van der Waals surface area contributed by atoms with Crippen LogP contribution < -0.4 is 25.0 Å². The Morgan fingerprint density at radius 3 is 2.42 bits per heavy atom. The smallest absolute Gasteiger partial charge is 0.240 e. The van der Waals surface area contributed by atoms with E-state index in [1.165, 1.54) is 6.21 Å². The molecule has 0 unspecified atom stereocenters. The van der Waals surface area contributed by atoms with Gasteiger partial charge in [0, 0.05) is 18.5 Å². The Morgan fingerprint density at radius 2 is 1.77 bits per heavy atom. The number of carbonyl (C=O) groups excluding carboxylic acids is 2. The molecule has 2 aromatic carbocycles. The second-order valence-corrected chi connectivity index (χ2v) is 7.31. The lowest BCUT2D eigenvalue weighted by atomic mass is 10.2. The lowest BCUT2D eigenvalue weighted by Crippen LogP contribution is -2.20. The van der Waals surface area contributed by atoms with Gasteiger partial charge in [-0.3, -0.25) is 9.59 Å². The maximum absolute atomic E-state index is 12.0. The Morgan fingerprint density at radius 1 is 1.06 bits per heavy atom. The molecular weight excluding hydrogens is 466 g/mol. The largest absolute Gasteiger partial charge is 0.497 e. The number of rotatable bonds is 11. The van der Waals surface area contributed by atoms with Crippen LogP contribution in [0.4, 0.5) is 5.69 Å². The average Bonchev–Trinajstić information content (AvgIpc) is 2.77. The first-order valence-electron chi connectivity index (χ1n) is 9.73. The first-order valence-corrected chi connectivity index (χ1v) is 10.5. The SMILES string of the molecule is CCCOc1c(Br)cc(C=NNC(=O)CCC(=O)Nc2ccc(OC)cc2)cc1OC. The van der Waals surface area contributed by atoms with Gasteiger partial charge < -0.3 is 19.5 Å². The highest BCUT2D eigenvalue weighted by Gasteiger charge is 2.11. The third kappa shape index (κ3) is 7.93. The molecule has 2 rings (SSSR count). The minimum Gasteiger partial charge on any atom is -0.497 e. The normalized spacial score (nSPS) is 10.6. The summed E-state index contributed by atoms with van der Waals surface area (Å²) in [5, 5.41) is 6.67. The highest BCUT2D eigenvalue weighted by Crippen LogP contribution is 2.36. The third-order valence-electron chi connectivity index (χ3n) is 4.06. The minimum absolute atomic E-state index is 0.0101. The fraction of sp³-hybridized carbons (Fsp3) is 0.318. The van der Waals surface area contributed by atoms with Crippen LogP contribution in [0.3, 0.4) is 0 Å². The summed E-state index contributed by atoms with van der Waals surface area (Å²) in [6.45, 7) is 2.59. The van der Waals surface area contributed by atoms with Crippen molar-refractivity contribution in [2.75, 3.05) is 26.1 Å². The van der Waals surface area contributed by atoms with Crippen LogP contribution in [-0.2, 0) is 9.59 Å². The molecule has 0 aliphatic heterocycles. The van der Waals surface area contributed by atoms with Crippen LogP contribution in [0.2, 0.25) is 0 Å². The number of carbonyl (C=O) groups is 2. The number of ether oxygens (including phenoxy) is 3. The van der Waals surface area contributed by atoms with Crippen LogP contribution in [0, 0.1) is 0 Å². The molecule has 0 saturated carbocycles. The summed E-state index contributed by atoms with van der Waals surface area (Å²) in [5.41, 5.74) is 3.77. The predicted molar refractivity (Wildman–Crippen MR) is 123 cm³/mol. The number of hydrazone groups is 1. The Balaban J connectivity index is 1.83. The number of nitrogens with one attached hydrogen (secondary N) is 2. The molecule has 2 aromatic rings. The standard InChI is InChI=1S/C22H26BrN3O5/c1-4-11-31-22-18(23)12-15(13-19(22)30-3)14-24-26-21(28)10-9-20(27)25-16-5-7-17(29-2)8-6-16/h5-8,12-14H,4,9-11H2,1-3H3,(H,25,27)(H,26,28). The number of hydrogen-bond donors (Lipinski definition) is 2. The lowest BCUT2D eigenvalue weighted by Gasteiger charge is -2.12. The molecule has 0 radical (unpaired) electrons. The third-order valence-corrected chi connectivity index (χ3v) is 4.65. The van der Waals surface area contributed by atoms with E-state index in [0.717, 1.165) is 10.9 Å². The van der Waals surface area contributed by atoms with E-state index in [4.69, 9.17) is 14.2 Å². The van der Waals surface area contributed by atoms with Crippen molar-refractivity contribution >= 4 is 39.6 Å². The molecule has 0 heterocycles. The molecule has 0 atom stereocenters. The van der Waals surface area contributed by atoms with Crippen molar-refractivity contribution in [3.8, 4) is 17.2 Å². The zero-order chi connectivity index (χ0) is 22.6. The van der Waals surface area contributed by atoms with Gasteiger partial charge in [-0.2, -0.15) is 5.10 Å². The van der Waals surface area contributed by atoms with Crippen molar-refractivity contribution < 1.29 is 23.8 Å². The quantitative estimate of drug-likeness (QED) is 0.363. The Bertz CT molecular complexity index is 916. The van der Waals surface area contributed by atoms with E-state index in [9.17, 15) is 9.59 Å². The van der Waals surface area contributed by atoms with E-state index in [1.807, 2.05) is 13.0 Å². The number of hydrogen-bond acceptors (Lipinski definition) is 6. The monoisotopic (exact) mass is 491 g/mol. The molecule has 2 N–H and O–H groups in total. The van der Waals surface area contributed by atoms with Crippen LogP contribution in [0.25, 0.3) is 0 Å². The summed E-state index contributed by atoms with van der Waals surface area (Å²) >= 11 is 3.46. The fourth-order valence-electron chi connectivity index (χ4n) is 2.52. The highest BCUT2D eigenvalue weighted by molar-refractivity contribution is 9.10. The van der Waals surface area contributed by atoms with Crippen LogP contribution >= 0.6 is 15.9 Å². The van der Waals surface area contributed by atoms with Crippen LogP contribution in [-0.4, -0.2) is 38.9 Å². The Hall–Kier alpha value is -3.07. The number of halogens is 1. The van der Waals surface area contributed by atoms with E-state index in [-0.39, 0.29) is 24.7 Å². The fourth-order valence-corrected chi connectivity index (χ4v) is 3.09. The van der Waals surface area contributed by atoms with Gasteiger partial charge in [0.1, 0.15) is 5.75 Å². The molecule has 9 heteroatoms. The van der Waals surface area contributed by atoms with Gasteiger partial charge in [0.15, 0.2) is 11.5 Å². The highest BCUT2D eigenvalue weighted by atomic mass is 79.9. The topological polar surface area (TPSA) is 98.2 Å². The van der Waals surface area contributed by atoms with Crippen molar-refractivity contribution in [2.45, 2.75) is 26.2 Å². The second kappa shape index (κ2) is 12.6. The lowest BCUT2D eigenvalue weighted by molar-refractivity contribution is -0.124. The molecule has 0 spiro atoms. The van der Waals surface area contributed by atoms with Gasteiger partial charge in [-0.1, -0.05) is 6.92 Å². The summed E-state index contributed by atoms with van der Waals surface area (Å²) in [5.74, 6) is 1.25. The minimum atomic E-state index is -0.366. The van der Waals surface area contributed by atoms with Gasteiger partial charge in [-0.05, 0) is 64.3 Å². The van der Waals surface area contributed by atoms with Crippen molar-refractivity contribution in [1.29, 1.82) is 0 Å². The van der Waals surface area contributed by atoms with E-state index >= 15 is 0 Å². The summed E-state index contributed by atoms with van der Waals surface area (Å²) in [7, 11) is 3.13. The van der Waals surface area contributed by atoms with Crippen molar-refractivity contribution in [2.24, 2.45) is 5.10 Å². The van der Waals surface area contributed by atoms with Crippen LogP contribution in [0.5, 0.6) is 17.2 Å². The zero-order valence-electron chi connectivity index (χ0n) is 17.7. The first-order chi connectivity index (χ1) is 15.0. The van der Waals surface area contributed by atoms with Crippen LogP contribution in [0.1, 0.15) is 31.7 Å². The van der Waals surface area contributed by atoms with Gasteiger partial charge >= 0.3 is 0 Å². The predicted octanol–water partition coefficient (Wildman–Crippen LogP) is 4.12. The number of anilines is 1. The van der Waals surface area contributed by atoms with Crippen molar-refractivity contribution in [3.05, 3.63) is 46.4 Å². The molecule has 8 nitrogen and oxygen atoms in total. The van der Waals surface area contributed by atoms with Crippen LogP contribution in [0.15, 0.2) is 46.0 Å². The molecule has 2 amide bonds. The number of benzene rings is 2. The maximum atomic E-state index is 12.0. The van der Waals surface area contributed by atoms with Gasteiger partial charge in [0.2, 0.25) is 11.8 Å². The van der Waals surface area contributed by atoms with E-state index in [0.29, 0.717) is 35.1 Å². The van der Waals surface area contributed by atoms with E-state index in [2.05, 4.69) is 31.8 Å². The molecule has 0 aliphatic rings. The number of nitrogens with zero attached hydrogens (tertiary/aromatic N) is 1. The number of methoxy groups -OCH3 is 2. The molecule has 0 aliphatic carbocycles. The second-order valence-electron chi connectivity index (χ2n) is 6.45. The molecule has 166 valence electrons. The van der Waals surface area contributed by atoms with Gasteiger partial charge in [-0.15, -0.1) is 0 Å². The average molecular weight is 492 g/mol. The Labute approximate surface area is 190 Å². The maximum Gasteiger partial charge on any atom is 0.240 e. The number of amides is 2.